The standard InChI is InChI=1S/C22H33NO2/c1-4-21(12-6-7-13-21)22(25,5-2)16-23-15-19(14-20(23)24)18-10-8-17(3)9-11-18/h8-11,19,25H,4-7,12-16H2,1-3H3/t19-,22?/m0/s1. The monoisotopic (exact) mass is 343 g/mol. The highest BCUT2D eigenvalue weighted by atomic mass is 16.3. The van der Waals surface area contributed by atoms with Gasteiger partial charge in [0.25, 0.3) is 0 Å². The van der Waals surface area contributed by atoms with Gasteiger partial charge in [0.15, 0.2) is 0 Å². The summed E-state index contributed by atoms with van der Waals surface area (Å²) in [5, 5.41) is 11.5. The zero-order valence-corrected chi connectivity index (χ0v) is 16.1. The van der Waals surface area contributed by atoms with Crippen molar-refractivity contribution in [3.63, 3.8) is 0 Å². The van der Waals surface area contributed by atoms with Gasteiger partial charge in [-0.1, -0.05) is 56.5 Å². The van der Waals surface area contributed by atoms with Crippen LogP contribution in [0, 0.1) is 12.3 Å². The summed E-state index contributed by atoms with van der Waals surface area (Å²) in [5.41, 5.74) is 1.73. The van der Waals surface area contributed by atoms with E-state index >= 15 is 0 Å². The first kappa shape index (κ1) is 18.4. The Morgan fingerprint density at radius 3 is 2.40 bits per heavy atom. The summed E-state index contributed by atoms with van der Waals surface area (Å²) >= 11 is 0. The van der Waals surface area contributed by atoms with E-state index in [0.717, 1.165) is 32.2 Å². The molecule has 1 aromatic carbocycles. The number of carbonyl (C=O) groups is 1. The SMILES string of the molecule is CCC(O)(CN1C[C@@H](c2ccc(C)cc2)CC1=O)C1(CC)CCCC1. The first-order valence-corrected chi connectivity index (χ1v) is 10.00. The number of amides is 1. The number of hydrogen-bond donors (Lipinski definition) is 1. The fourth-order valence-corrected chi connectivity index (χ4v) is 5.16. The van der Waals surface area contributed by atoms with Crippen LogP contribution in [0.4, 0.5) is 0 Å². The minimum Gasteiger partial charge on any atom is -0.387 e. The van der Waals surface area contributed by atoms with Gasteiger partial charge in [0, 0.05) is 30.8 Å². The highest BCUT2D eigenvalue weighted by Crippen LogP contribution is 2.51. The molecule has 0 bridgehead atoms. The van der Waals surface area contributed by atoms with E-state index in [9.17, 15) is 9.90 Å². The van der Waals surface area contributed by atoms with Crippen molar-refractivity contribution in [1.82, 2.24) is 4.90 Å². The first-order valence-electron chi connectivity index (χ1n) is 10.00. The van der Waals surface area contributed by atoms with Crippen molar-refractivity contribution in [1.29, 1.82) is 0 Å². The molecule has 25 heavy (non-hydrogen) atoms. The molecule has 1 heterocycles. The van der Waals surface area contributed by atoms with Gasteiger partial charge in [-0.25, -0.2) is 0 Å². The Balaban J connectivity index is 1.75. The largest absolute Gasteiger partial charge is 0.387 e. The lowest BCUT2D eigenvalue weighted by Crippen LogP contribution is -2.54. The second-order valence-electron chi connectivity index (χ2n) is 8.31. The molecule has 0 aromatic heterocycles. The van der Waals surface area contributed by atoms with Crippen LogP contribution in [0.25, 0.3) is 0 Å². The van der Waals surface area contributed by atoms with E-state index in [1.807, 2.05) is 4.90 Å². The number of likely N-dealkylation sites (tertiary alicyclic amines) is 1. The number of carbonyl (C=O) groups excluding carboxylic acids is 1. The molecule has 138 valence electrons. The Morgan fingerprint density at radius 2 is 1.84 bits per heavy atom. The van der Waals surface area contributed by atoms with Crippen LogP contribution in [0.1, 0.15) is 75.8 Å². The summed E-state index contributed by atoms with van der Waals surface area (Å²) < 4.78 is 0. The minimum absolute atomic E-state index is 0.00994. The van der Waals surface area contributed by atoms with E-state index in [-0.39, 0.29) is 17.2 Å². The van der Waals surface area contributed by atoms with Crippen LogP contribution < -0.4 is 0 Å². The van der Waals surface area contributed by atoms with Gasteiger partial charge in [0.1, 0.15) is 0 Å². The normalized spacial score (nSPS) is 25.4. The molecule has 1 aromatic rings. The summed E-state index contributed by atoms with van der Waals surface area (Å²) in [7, 11) is 0. The van der Waals surface area contributed by atoms with Crippen molar-refractivity contribution in [2.75, 3.05) is 13.1 Å². The van der Waals surface area contributed by atoms with Gasteiger partial charge in [-0.2, -0.15) is 0 Å². The summed E-state index contributed by atoms with van der Waals surface area (Å²) in [4.78, 5) is 14.6. The van der Waals surface area contributed by atoms with Crippen LogP contribution in [0.3, 0.4) is 0 Å². The highest BCUT2D eigenvalue weighted by Gasteiger charge is 2.51. The van der Waals surface area contributed by atoms with Gasteiger partial charge in [0.05, 0.1) is 5.60 Å². The van der Waals surface area contributed by atoms with E-state index in [1.165, 1.54) is 24.0 Å². The molecule has 2 atom stereocenters. The third-order valence-electron chi connectivity index (χ3n) is 7.03. The number of aliphatic hydroxyl groups is 1. The molecule has 1 N–H and O–H groups in total. The molecular weight excluding hydrogens is 310 g/mol. The molecule has 3 nitrogen and oxygen atoms in total. The Morgan fingerprint density at radius 1 is 1.20 bits per heavy atom. The number of nitrogens with zero attached hydrogens (tertiary/aromatic N) is 1. The summed E-state index contributed by atoms with van der Waals surface area (Å²) in [6.07, 6.45) is 6.89. The summed E-state index contributed by atoms with van der Waals surface area (Å²) in [5.74, 6) is 0.456. The number of aryl methyl sites for hydroxylation is 1. The molecule has 3 rings (SSSR count). The maximum absolute atomic E-state index is 12.6. The van der Waals surface area contributed by atoms with Crippen molar-refractivity contribution < 1.29 is 9.90 Å². The quantitative estimate of drug-likeness (QED) is 0.830. The van der Waals surface area contributed by atoms with Gasteiger partial charge in [0.2, 0.25) is 5.91 Å². The third-order valence-corrected chi connectivity index (χ3v) is 7.03. The van der Waals surface area contributed by atoms with Crippen molar-refractivity contribution in [3.8, 4) is 0 Å². The van der Waals surface area contributed by atoms with E-state index in [4.69, 9.17) is 0 Å². The van der Waals surface area contributed by atoms with E-state index in [1.54, 1.807) is 0 Å². The lowest BCUT2D eigenvalue weighted by Gasteiger charge is -2.46. The summed E-state index contributed by atoms with van der Waals surface area (Å²) in [6, 6.07) is 8.53. The lowest BCUT2D eigenvalue weighted by atomic mass is 9.67. The average molecular weight is 344 g/mol. The smallest absolute Gasteiger partial charge is 0.223 e. The van der Waals surface area contributed by atoms with Crippen LogP contribution in [-0.4, -0.2) is 34.6 Å². The van der Waals surface area contributed by atoms with Crippen molar-refractivity contribution in [2.45, 2.75) is 77.2 Å². The predicted molar refractivity (Wildman–Crippen MR) is 102 cm³/mol. The molecule has 2 aliphatic rings. The van der Waals surface area contributed by atoms with Gasteiger partial charge < -0.3 is 10.0 Å². The molecule has 0 radical (unpaired) electrons. The van der Waals surface area contributed by atoms with E-state index in [2.05, 4.69) is 45.0 Å². The van der Waals surface area contributed by atoms with Gasteiger partial charge >= 0.3 is 0 Å². The zero-order valence-electron chi connectivity index (χ0n) is 16.1. The fourth-order valence-electron chi connectivity index (χ4n) is 5.16. The number of hydrogen-bond acceptors (Lipinski definition) is 2. The lowest BCUT2D eigenvalue weighted by molar-refractivity contribution is -0.139. The second-order valence-corrected chi connectivity index (χ2v) is 8.31. The van der Waals surface area contributed by atoms with Crippen LogP contribution in [0.15, 0.2) is 24.3 Å². The number of β-amino-alcohol motifs (C(OH)–C–C–N with tert-alkyl or cyclic N) is 1. The summed E-state index contributed by atoms with van der Waals surface area (Å²) in [6.45, 7) is 7.60. The third kappa shape index (κ3) is 3.36. The Kier molecular flexibility index (Phi) is 5.24. The predicted octanol–water partition coefficient (Wildman–Crippen LogP) is 4.42. The molecule has 1 aliphatic heterocycles. The molecule has 1 aliphatic carbocycles. The zero-order chi connectivity index (χ0) is 18.1. The molecule has 0 spiro atoms. The number of benzene rings is 1. The topological polar surface area (TPSA) is 40.5 Å². The molecule has 1 unspecified atom stereocenters. The van der Waals surface area contributed by atoms with Crippen molar-refractivity contribution in [2.24, 2.45) is 5.41 Å². The molecule has 1 saturated heterocycles. The fraction of sp³-hybridized carbons (Fsp3) is 0.682. The van der Waals surface area contributed by atoms with Crippen LogP contribution in [0.5, 0.6) is 0 Å². The van der Waals surface area contributed by atoms with Gasteiger partial charge in [-0.05, 0) is 38.2 Å². The molecule has 1 amide bonds. The molecule has 2 fully saturated rings. The van der Waals surface area contributed by atoms with Crippen molar-refractivity contribution >= 4 is 5.91 Å². The van der Waals surface area contributed by atoms with Gasteiger partial charge in [-0.15, -0.1) is 0 Å². The molecule has 3 heteroatoms. The van der Waals surface area contributed by atoms with Crippen LogP contribution in [-0.2, 0) is 4.79 Å². The minimum atomic E-state index is -0.754. The Hall–Kier alpha value is -1.35. The highest BCUT2D eigenvalue weighted by molar-refractivity contribution is 5.80. The van der Waals surface area contributed by atoms with E-state index < -0.39 is 5.60 Å². The maximum atomic E-state index is 12.6. The Bertz CT molecular complexity index is 603. The molecular formula is C22H33NO2. The average Bonchev–Trinajstić information content (AvgIpc) is 3.24. The van der Waals surface area contributed by atoms with Crippen LogP contribution >= 0.6 is 0 Å². The van der Waals surface area contributed by atoms with E-state index in [0.29, 0.717) is 13.0 Å². The second kappa shape index (κ2) is 7.11. The number of rotatable bonds is 6. The van der Waals surface area contributed by atoms with Crippen LogP contribution in [0.2, 0.25) is 0 Å². The first-order chi connectivity index (χ1) is 11.9. The van der Waals surface area contributed by atoms with Gasteiger partial charge in [-0.3, -0.25) is 4.79 Å². The maximum Gasteiger partial charge on any atom is 0.223 e. The molecule has 1 saturated carbocycles. The Labute approximate surface area is 152 Å². The van der Waals surface area contributed by atoms with Crippen molar-refractivity contribution in [3.05, 3.63) is 35.4 Å².